The number of hydrogen-bond donors (Lipinski definition) is 4. The number of Topliss-reactive ketones (excluding diaryl/α,β-unsaturated/α-hetero) is 1. The summed E-state index contributed by atoms with van der Waals surface area (Å²) in [6.45, 7) is 6.26. The molecule has 2 heterocycles. The van der Waals surface area contributed by atoms with Crippen molar-refractivity contribution in [3.8, 4) is 17.2 Å². The zero-order chi connectivity index (χ0) is 26.2. The Morgan fingerprint density at radius 3 is 2.47 bits per heavy atom. The van der Waals surface area contributed by atoms with Crippen LogP contribution in [0, 0.1) is 5.41 Å². The van der Waals surface area contributed by atoms with E-state index in [0.717, 1.165) is 5.56 Å². The second-order valence-corrected chi connectivity index (χ2v) is 10.1. The Hall–Kier alpha value is -4.05. The van der Waals surface area contributed by atoms with Gasteiger partial charge >= 0.3 is 0 Å². The van der Waals surface area contributed by atoms with Crippen molar-refractivity contribution in [1.82, 2.24) is 15.5 Å². The summed E-state index contributed by atoms with van der Waals surface area (Å²) < 4.78 is 10.9. The Kier molecular flexibility index (Phi) is 6.64. The van der Waals surface area contributed by atoms with E-state index in [1.807, 2.05) is 32.9 Å². The fourth-order valence-electron chi connectivity index (χ4n) is 4.13. The highest BCUT2D eigenvalue weighted by atomic mass is 16.7. The molecule has 2 aliphatic rings. The van der Waals surface area contributed by atoms with E-state index in [1.165, 1.54) is 12.1 Å². The van der Waals surface area contributed by atoms with Crippen LogP contribution in [0.1, 0.15) is 42.7 Å². The molecule has 0 fully saturated rings. The third-order valence-electron chi connectivity index (χ3n) is 5.87. The lowest BCUT2D eigenvalue weighted by Crippen LogP contribution is -2.35. The lowest BCUT2D eigenvalue weighted by Gasteiger charge is -2.33. The highest BCUT2D eigenvalue weighted by molar-refractivity contribution is 6.20. The topological polar surface area (TPSA) is 129 Å². The molecule has 4 rings (SSSR count). The number of ketones is 1. The second-order valence-electron chi connectivity index (χ2n) is 10.1. The number of phenolic OH excluding ortho intramolecular Hbond substituents is 1. The quantitative estimate of drug-likeness (QED) is 0.249. The molecule has 10 heteroatoms. The van der Waals surface area contributed by atoms with Gasteiger partial charge in [0.15, 0.2) is 17.3 Å². The fourth-order valence-corrected chi connectivity index (χ4v) is 4.13. The Morgan fingerprint density at radius 2 is 1.78 bits per heavy atom. The highest BCUT2D eigenvalue weighted by Gasteiger charge is 2.36. The smallest absolute Gasteiger partial charge is 0.276 e. The van der Waals surface area contributed by atoms with Crippen LogP contribution in [-0.2, 0) is 9.59 Å². The Labute approximate surface area is 209 Å². The number of amides is 2. The van der Waals surface area contributed by atoms with E-state index in [1.54, 1.807) is 31.1 Å². The van der Waals surface area contributed by atoms with Gasteiger partial charge in [0.2, 0.25) is 6.79 Å². The summed E-state index contributed by atoms with van der Waals surface area (Å²) in [5.41, 5.74) is 0.684. The standard InChI is InChI=1S/C26H30N4O6/c1-26(2,3)23(14-9-10-18-19(11-14)36-13-35-18)28-21-20(24(33)29-25(21)34)27-16-8-6-7-15(22(16)32)17(31)12-30(4)5/h6-11,23,32H,12-13H2,1-5H3,(H3,27,28,29,33,34)/t23-/m0/s1. The SMILES string of the molecule is CN(C)CC(=O)c1cccc(NC2=C(N[C@@H](c3ccc4c(c3)OCO4)C(C)(C)C)C(=O)NC2=O)c1O. The molecule has 2 amide bonds. The highest BCUT2D eigenvalue weighted by Crippen LogP contribution is 2.40. The average molecular weight is 495 g/mol. The first-order valence-corrected chi connectivity index (χ1v) is 11.5. The first-order chi connectivity index (χ1) is 17.0. The molecular formula is C26H30N4O6. The molecule has 0 saturated heterocycles. The minimum absolute atomic E-state index is 0.0296. The van der Waals surface area contributed by atoms with E-state index in [-0.39, 0.29) is 52.9 Å². The van der Waals surface area contributed by atoms with E-state index in [9.17, 15) is 19.5 Å². The van der Waals surface area contributed by atoms with E-state index < -0.39 is 17.9 Å². The molecule has 0 saturated carbocycles. The molecule has 2 aromatic rings. The molecular weight excluding hydrogens is 464 g/mol. The fraction of sp³-hybridized carbons (Fsp3) is 0.346. The number of anilines is 1. The van der Waals surface area contributed by atoms with E-state index in [4.69, 9.17) is 9.47 Å². The Balaban J connectivity index is 1.69. The molecule has 0 aromatic heterocycles. The van der Waals surface area contributed by atoms with Crippen LogP contribution in [0.15, 0.2) is 47.8 Å². The summed E-state index contributed by atoms with van der Waals surface area (Å²) in [6.07, 6.45) is 0. The van der Waals surface area contributed by atoms with Gasteiger partial charge < -0.3 is 30.1 Å². The summed E-state index contributed by atoms with van der Waals surface area (Å²) in [4.78, 5) is 39.7. The van der Waals surface area contributed by atoms with E-state index in [2.05, 4.69) is 16.0 Å². The number of carbonyl (C=O) groups is 3. The van der Waals surface area contributed by atoms with Gasteiger partial charge in [-0.3, -0.25) is 19.7 Å². The summed E-state index contributed by atoms with van der Waals surface area (Å²) in [5, 5.41) is 19.1. The minimum atomic E-state index is -0.648. The van der Waals surface area contributed by atoms with E-state index >= 15 is 0 Å². The van der Waals surface area contributed by atoms with Gasteiger partial charge in [0, 0.05) is 0 Å². The molecule has 4 N–H and O–H groups in total. The summed E-state index contributed by atoms with van der Waals surface area (Å²) >= 11 is 0. The number of benzene rings is 2. The van der Waals surface area contributed by atoms with Crippen molar-refractivity contribution in [2.75, 3.05) is 32.7 Å². The number of nitrogens with one attached hydrogen (secondary N) is 3. The molecule has 36 heavy (non-hydrogen) atoms. The van der Waals surface area contributed by atoms with Crippen LogP contribution < -0.4 is 25.4 Å². The predicted molar refractivity (Wildman–Crippen MR) is 133 cm³/mol. The maximum atomic E-state index is 12.8. The van der Waals surface area contributed by atoms with Crippen LogP contribution in [-0.4, -0.2) is 55.0 Å². The average Bonchev–Trinajstić information content (AvgIpc) is 3.35. The number of nitrogens with zero attached hydrogens (tertiary/aromatic N) is 1. The molecule has 0 radical (unpaired) electrons. The predicted octanol–water partition coefficient (Wildman–Crippen LogP) is 2.52. The lowest BCUT2D eigenvalue weighted by molar-refractivity contribution is -0.124. The van der Waals surface area contributed by atoms with Crippen LogP contribution in [0.4, 0.5) is 5.69 Å². The first-order valence-electron chi connectivity index (χ1n) is 11.5. The lowest BCUT2D eigenvalue weighted by atomic mass is 9.82. The summed E-state index contributed by atoms with van der Waals surface area (Å²) in [7, 11) is 3.50. The number of aromatic hydroxyl groups is 1. The number of fused-ring (bicyclic) bond motifs is 1. The zero-order valence-corrected chi connectivity index (χ0v) is 20.9. The second kappa shape index (κ2) is 9.54. The number of likely N-dealkylation sites (N-methyl/N-ethyl adjacent to an activating group) is 1. The van der Waals surface area contributed by atoms with Gasteiger partial charge in [-0.2, -0.15) is 0 Å². The molecule has 0 spiro atoms. The molecule has 190 valence electrons. The first kappa shape index (κ1) is 25.1. The van der Waals surface area contributed by atoms with Gasteiger partial charge in [-0.1, -0.05) is 32.9 Å². The van der Waals surface area contributed by atoms with Gasteiger partial charge in [-0.05, 0) is 49.3 Å². The molecule has 2 aliphatic heterocycles. The van der Waals surface area contributed by atoms with Crippen LogP contribution in [0.5, 0.6) is 17.2 Å². The van der Waals surface area contributed by atoms with Crippen molar-refractivity contribution in [1.29, 1.82) is 0 Å². The Bertz CT molecular complexity index is 1260. The number of carbonyl (C=O) groups excluding carboxylic acids is 3. The number of rotatable bonds is 8. The van der Waals surface area contributed by atoms with Crippen molar-refractivity contribution in [3.05, 3.63) is 58.9 Å². The van der Waals surface area contributed by atoms with Crippen LogP contribution in [0.25, 0.3) is 0 Å². The third kappa shape index (κ3) is 4.99. The van der Waals surface area contributed by atoms with E-state index in [0.29, 0.717) is 11.5 Å². The number of imide groups is 1. The van der Waals surface area contributed by atoms with Gasteiger partial charge in [-0.15, -0.1) is 0 Å². The largest absolute Gasteiger partial charge is 0.505 e. The molecule has 0 unspecified atom stereocenters. The van der Waals surface area contributed by atoms with Crippen molar-refractivity contribution in [2.45, 2.75) is 26.8 Å². The number of phenols is 1. The molecule has 1 atom stereocenters. The van der Waals surface area contributed by atoms with Crippen LogP contribution >= 0.6 is 0 Å². The normalized spacial score (nSPS) is 15.8. The van der Waals surface area contributed by atoms with Crippen molar-refractivity contribution in [3.63, 3.8) is 0 Å². The zero-order valence-electron chi connectivity index (χ0n) is 20.9. The summed E-state index contributed by atoms with van der Waals surface area (Å²) in [5.74, 6) is -0.586. The maximum absolute atomic E-state index is 12.8. The van der Waals surface area contributed by atoms with Crippen LogP contribution in [0.2, 0.25) is 0 Å². The molecule has 0 bridgehead atoms. The number of para-hydroxylation sites is 1. The maximum Gasteiger partial charge on any atom is 0.276 e. The van der Waals surface area contributed by atoms with Crippen LogP contribution in [0.3, 0.4) is 0 Å². The molecule has 10 nitrogen and oxygen atoms in total. The van der Waals surface area contributed by atoms with Gasteiger partial charge in [-0.25, -0.2) is 0 Å². The Morgan fingerprint density at radius 1 is 1.08 bits per heavy atom. The number of ether oxygens (including phenoxy) is 2. The number of hydrogen-bond acceptors (Lipinski definition) is 9. The third-order valence-corrected chi connectivity index (χ3v) is 5.87. The van der Waals surface area contributed by atoms with Gasteiger partial charge in [0.25, 0.3) is 11.8 Å². The molecule has 2 aromatic carbocycles. The van der Waals surface area contributed by atoms with Gasteiger partial charge in [0.1, 0.15) is 17.1 Å². The van der Waals surface area contributed by atoms with Crippen molar-refractivity contribution in [2.24, 2.45) is 5.41 Å². The van der Waals surface area contributed by atoms with Gasteiger partial charge in [0.05, 0.1) is 23.8 Å². The van der Waals surface area contributed by atoms with Crippen molar-refractivity contribution < 1.29 is 29.0 Å². The van der Waals surface area contributed by atoms with Crippen molar-refractivity contribution >= 4 is 23.3 Å². The minimum Gasteiger partial charge on any atom is -0.505 e. The monoisotopic (exact) mass is 494 g/mol. The summed E-state index contributed by atoms with van der Waals surface area (Å²) in [6, 6.07) is 9.77. The molecule has 0 aliphatic carbocycles.